The fraction of sp³-hybridized carbons (Fsp3) is 0.105. The van der Waals surface area contributed by atoms with Gasteiger partial charge in [-0.25, -0.2) is 9.97 Å². The maximum atomic E-state index is 12.1. The van der Waals surface area contributed by atoms with Crippen LogP contribution in [0.3, 0.4) is 0 Å². The first-order valence-corrected chi connectivity index (χ1v) is 8.92. The molecule has 0 unspecified atom stereocenters. The minimum absolute atomic E-state index is 0.0594. The van der Waals surface area contributed by atoms with E-state index in [9.17, 15) is 4.79 Å². The topological polar surface area (TPSA) is 73.3 Å². The SMILES string of the molecule is Cc1cc(Oc2ncccn2)ccc1NC(=O)COc1ccc(I)cc1. The zero-order valence-corrected chi connectivity index (χ0v) is 16.1. The second-order valence-electron chi connectivity index (χ2n) is 5.40. The summed E-state index contributed by atoms with van der Waals surface area (Å²) < 4.78 is 12.2. The number of carbonyl (C=O) groups excluding carboxylic acids is 1. The number of nitrogens with zero attached hydrogens (tertiary/aromatic N) is 2. The Balaban J connectivity index is 1.57. The normalized spacial score (nSPS) is 10.2. The zero-order chi connectivity index (χ0) is 18.4. The molecule has 3 rings (SSSR count). The van der Waals surface area contributed by atoms with Gasteiger partial charge in [-0.05, 0) is 83.6 Å². The molecular weight excluding hydrogens is 445 g/mol. The number of ether oxygens (including phenoxy) is 2. The van der Waals surface area contributed by atoms with Crippen molar-refractivity contribution in [3.05, 3.63) is 70.1 Å². The number of benzene rings is 2. The molecule has 0 atom stereocenters. The van der Waals surface area contributed by atoms with Gasteiger partial charge in [-0.1, -0.05) is 0 Å². The molecule has 26 heavy (non-hydrogen) atoms. The van der Waals surface area contributed by atoms with Gasteiger partial charge in [0.1, 0.15) is 11.5 Å². The molecule has 0 spiro atoms. The lowest BCUT2D eigenvalue weighted by Crippen LogP contribution is -2.20. The second kappa shape index (κ2) is 8.61. The third-order valence-electron chi connectivity index (χ3n) is 3.41. The molecule has 1 aromatic heterocycles. The van der Waals surface area contributed by atoms with Crippen molar-refractivity contribution in [3.8, 4) is 17.5 Å². The van der Waals surface area contributed by atoms with Crippen LogP contribution in [0.2, 0.25) is 0 Å². The Morgan fingerprint density at radius 2 is 1.77 bits per heavy atom. The van der Waals surface area contributed by atoms with Gasteiger partial charge in [0.05, 0.1) is 0 Å². The van der Waals surface area contributed by atoms with Crippen LogP contribution in [-0.2, 0) is 4.79 Å². The fourth-order valence-electron chi connectivity index (χ4n) is 2.15. The van der Waals surface area contributed by atoms with Gasteiger partial charge in [-0.15, -0.1) is 0 Å². The van der Waals surface area contributed by atoms with Crippen LogP contribution >= 0.6 is 22.6 Å². The maximum absolute atomic E-state index is 12.1. The average Bonchev–Trinajstić information content (AvgIpc) is 2.64. The van der Waals surface area contributed by atoms with E-state index in [0.29, 0.717) is 17.2 Å². The lowest BCUT2D eigenvalue weighted by molar-refractivity contribution is -0.118. The van der Waals surface area contributed by atoms with Crippen LogP contribution in [0.15, 0.2) is 60.9 Å². The zero-order valence-electron chi connectivity index (χ0n) is 14.0. The number of anilines is 1. The van der Waals surface area contributed by atoms with Crippen LogP contribution in [-0.4, -0.2) is 22.5 Å². The van der Waals surface area contributed by atoms with E-state index < -0.39 is 0 Å². The van der Waals surface area contributed by atoms with Gasteiger partial charge in [0.25, 0.3) is 5.91 Å². The van der Waals surface area contributed by atoms with E-state index in [1.165, 1.54) is 0 Å². The van der Waals surface area contributed by atoms with E-state index in [1.807, 2.05) is 37.3 Å². The molecule has 1 N–H and O–H groups in total. The standard InChI is InChI=1S/C19H16IN3O3/c1-13-11-16(26-19-21-9-2-10-22-19)7-8-17(13)23-18(24)12-25-15-5-3-14(20)4-6-15/h2-11H,12H2,1H3,(H,23,24). The van der Waals surface area contributed by atoms with Crippen molar-refractivity contribution in [2.45, 2.75) is 6.92 Å². The molecule has 0 aliphatic carbocycles. The molecule has 0 saturated heterocycles. The highest BCUT2D eigenvalue weighted by atomic mass is 127. The van der Waals surface area contributed by atoms with Crippen LogP contribution in [0.4, 0.5) is 5.69 Å². The molecule has 0 saturated carbocycles. The lowest BCUT2D eigenvalue weighted by atomic mass is 10.2. The first kappa shape index (κ1) is 18.1. The van der Waals surface area contributed by atoms with Crippen LogP contribution in [0, 0.1) is 10.5 Å². The maximum Gasteiger partial charge on any atom is 0.321 e. The number of aromatic nitrogens is 2. The predicted octanol–water partition coefficient (Wildman–Crippen LogP) is 4.20. The molecule has 1 amide bonds. The van der Waals surface area contributed by atoms with Crippen LogP contribution in [0.25, 0.3) is 0 Å². The predicted molar refractivity (Wildman–Crippen MR) is 107 cm³/mol. The summed E-state index contributed by atoms with van der Waals surface area (Å²) in [6.45, 7) is 1.82. The Bertz CT molecular complexity index is 886. The molecule has 132 valence electrons. The highest BCUT2D eigenvalue weighted by molar-refractivity contribution is 14.1. The summed E-state index contributed by atoms with van der Waals surface area (Å²) in [5, 5.41) is 2.83. The fourth-order valence-corrected chi connectivity index (χ4v) is 2.51. The molecule has 0 fully saturated rings. The Morgan fingerprint density at radius 1 is 1.08 bits per heavy atom. The number of hydrogen-bond acceptors (Lipinski definition) is 5. The molecule has 0 aliphatic rings. The van der Waals surface area contributed by atoms with Crippen LogP contribution in [0.1, 0.15) is 5.56 Å². The quantitative estimate of drug-likeness (QED) is 0.558. The van der Waals surface area contributed by atoms with E-state index in [2.05, 4.69) is 37.9 Å². The molecule has 2 aromatic carbocycles. The van der Waals surface area contributed by atoms with Gasteiger partial charge in [-0.2, -0.15) is 0 Å². The summed E-state index contributed by atoms with van der Waals surface area (Å²) in [6, 6.07) is 14.8. The van der Waals surface area contributed by atoms with Crippen molar-refractivity contribution in [3.63, 3.8) is 0 Å². The highest BCUT2D eigenvalue weighted by Crippen LogP contribution is 2.24. The van der Waals surface area contributed by atoms with Crippen molar-refractivity contribution in [2.24, 2.45) is 0 Å². The van der Waals surface area contributed by atoms with E-state index in [1.54, 1.807) is 30.6 Å². The lowest BCUT2D eigenvalue weighted by Gasteiger charge is -2.11. The minimum Gasteiger partial charge on any atom is -0.484 e. The smallest absolute Gasteiger partial charge is 0.321 e. The summed E-state index contributed by atoms with van der Waals surface area (Å²) in [7, 11) is 0. The van der Waals surface area contributed by atoms with E-state index >= 15 is 0 Å². The van der Waals surface area contributed by atoms with Crippen molar-refractivity contribution in [1.29, 1.82) is 0 Å². The Labute approximate surface area is 164 Å². The Hall–Kier alpha value is -2.68. The monoisotopic (exact) mass is 461 g/mol. The number of hydrogen-bond donors (Lipinski definition) is 1. The third-order valence-corrected chi connectivity index (χ3v) is 4.13. The number of nitrogens with one attached hydrogen (secondary N) is 1. The number of aryl methyl sites for hydroxylation is 1. The highest BCUT2D eigenvalue weighted by Gasteiger charge is 2.08. The van der Waals surface area contributed by atoms with E-state index in [4.69, 9.17) is 9.47 Å². The average molecular weight is 461 g/mol. The van der Waals surface area contributed by atoms with Gasteiger partial charge >= 0.3 is 6.01 Å². The molecule has 3 aromatic rings. The van der Waals surface area contributed by atoms with Gasteiger partial charge in [0.15, 0.2) is 6.61 Å². The van der Waals surface area contributed by atoms with Gasteiger partial charge in [-0.3, -0.25) is 4.79 Å². The second-order valence-corrected chi connectivity index (χ2v) is 6.65. The molecule has 6 nitrogen and oxygen atoms in total. The largest absolute Gasteiger partial charge is 0.484 e. The van der Waals surface area contributed by atoms with Crippen molar-refractivity contribution >= 4 is 34.2 Å². The van der Waals surface area contributed by atoms with Crippen LogP contribution < -0.4 is 14.8 Å². The van der Waals surface area contributed by atoms with Crippen LogP contribution in [0.5, 0.6) is 17.5 Å². The first-order chi connectivity index (χ1) is 12.6. The Morgan fingerprint density at radius 3 is 2.46 bits per heavy atom. The molecule has 0 aliphatic heterocycles. The summed E-state index contributed by atoms with van der Waals surface area (Å²) in [5.41, 5.74) is 1.56. The summed E-state index contributed by atoms with van der Waals surface area (Å²) in [6.07, 6.45) is 3.22. The molecule has 7 heteroatoms. The summed E-state index contributed by atoms with van der Waals surface area (Å²) >= 11 is 2.21. The third kappa shape index (κ3) is 5.16. The minimum atomic E-state index is -0.230. The molecule has 1 heterocycles. The van der Waals surface area contributed by atoms with Gasteiger partial charge < -0.3 is 14.8 Å². The van der Waals surface area contributed by atoms with E-state index in [-0.39, 0.29) is 18.5 Å². The number of amides is 1. The Kier molecular flexibility index (Phi) is 6.00. The molecule has 0 bridgehead atoms. The summed E-state index contributed by atoms with van der Waals surface area (Å²) in [5.74, 6) is 1.03. The first-order valence-electron chi connectivity index (χ1n) is 7.84. The molecule has 0 radical (unpaired) electrons. The molecular formula is C19H16IN3O3. The summed E-state index contributed by atoms with van der Waals surface area (Å²) in [4.78, 5) is 20.1. The van der Waals surface area contributed by atoms with E-state index in [0.717, 1.165) is 9.13 Å². The number of carbonyl (C=O) groups is 1. The number of rotatable bonds is 6. The van der Waals surface area contributed by atoms with Gasteiger partial charge in [0, 0.05) is 21.7 Å². The van der Waals surface area contributed by atoms with Gasteiger partial charge in [0.2, 0.25) is 0 Å². The van der Waals surface area contributed by atoms with Crippen molar-refractivity contribution < 1.29 is 14.3 Å². The van der Waals surface area contributed by atoms with Crippen molar-refractivity contribution in [2.75, 3.05) is 11.9 Å². The number of halogens is 1. The van der Waals surface area contributed by atoms with Crippen molar-refractivity contribution in [1.82, 2.24) is 9.97 Å².